The van der Waals surface area contributed by atoms with Crippen LogP contribution in [0.3, 0.4) is 0 Å². The van der Waals surface area contributed by atoms with Crippen molar-refractivity contribution in [2.45, 2.75) is 48.5 Å². The second-order valence-corrected chi connectivity index (χ2v) is 20.7. The Balaban J connectivity index is 2.00. The molecule has 0 atom stereocenters. The predicted molar refractivity (Wildman–Crippen MR) is 129 cm³/mol. The van der Waals surface area contributed by atoms with E-state index in [2.05, 4.69) is 84.9 Å². The third kappa shape index (κ3) is 2.24. The van der Waals surface area contributed by atoms with Crippen LogP contribution in [0, 0.1) is 41.5 Å². The van der Waals surface area contributed by atoms with Crippen LogP contribution < -0.4 is 25.7 Å². The Hall–Kier alpha value is -1.03. The number of hydrogen-bond donors (Lipinski definition) is 0. The van der Waals surface area contributed by atoms with Gasteiger partial charge in [0.05, 0.1) is 0 Å². The minimum absolute atomic E-state index is 1.24. The fourth-order valence-corrected chi connectivity index (χ4v) is 28.3. The first-order chi connectivity index (χ1) is 13.3. The van der Waals surface area contributed by atoms with E-state index in [4.69, 9.17) is 0 Å². The molecule has 0 saturated carbocycles. The van der Waals surface area contributed by atoms with Gasteiger partial charge in [-0.1, -0.05) is 0 Å². The molecule has 142 valence electrons. The van der Waals surface area contributed by atoms with Gasteiger partial charge in [-0.05, 0) is 0 Å². The predicted octanol–water partition coefficient (Wildman–Crippen LogP) is 2.99. The van der Waals surface area contributed by atoms with Crippen LogP contribution in [0.5, 0.6) is 0 Å². The molecule has 0 fully saturated rings. The van der Waals surface area contributed by atoms with Crippen LogP contribution in [0.25, 0.3) is 0 Å². The van der Waals surface area contributed by atoms with Gasteiger partial charge < -0.3 is 0 Å². The second-order valence-electron chi connectivity index (χ2n) is 8.74. The summed E-state index contributed by atoms with van der Waals surface area (Å²) in [6.45, 7) is 16.3. The van der Waals surface area contributed by atoms with Gasteiger partial charge >= 0.3 is 179 Å². The molecule has 0 saturated heterocycles. The van der Waals surface area contributed by atoms with Gasteiger partial charge in [0, 0.05) is 0 Å². The van der Waals surface area contributed by atoms with Crippen molar-refractivity contribution < 1.29 is 0 Å². The Bertz CT molecular complexity index is 1030. The summed E-state index contributed by atoms with van der Waals surface area (Å²) in [5.74, 6) is 0. The van der Waals surface area contributed by atoms with E-state index in [0.29, 0.717) is 0 Å². The van der Waals surface area contributed by atoms with Gasteiger partial charge in [0.15, 0.2) is 0 Å². The molecule has 28 heavy (non-hydrogen) atoms. The van der Waals surface area contributed by atoms with E-state index in [1.165, 1.54) is 39.5 Å². The van der Waals surface area contributed by atoms with E-state index < -0.39 is 29.0 Å². The summed E-state index contributed by atoms with van der Waals surface area (Å²) < 4.78 is 5.37. The van der Waals surface area contributed by atoms with Gasteiger partial charge in [0.1, 0.15) is 0 Å². The topological polar surface area (TPSA) is 0 Å². The molecule has 6 rings (SSSR count). The summed E-state index contributed by atoms with van der Waals surface area (Å²) >= 11 is -2.25. The first kappa shape index (κ1) is 19.0. The normalized spacial score (nSPS) is 16.0. The molecule has 0 aromatic heterocycles. The van der Waals surface area contributed by atoms with Crippen molar-refractivity contribution in [3.05, 3.63) is 69.8 Å². The quantitative estimate of drug-likeness (QED) is 0.307. The molecule has 0 nitrogen and oxygen atoms in total. The third-order valence-electron chi connectivity index (χ3n) is 7.20. The maximum absolute atomic E-state index is 2.60. The molecule has 0 aliphatic carbocycles. The molecule has 0 unspecified atom stereocenters. The molecular formula is C26H29BiP+. The van der Waals surface area contributed by atoms with Crippen molar-refractivity contribution in [1.82, 2.24) is 0 Å². The molecule has 3 aromatic rings. The minimum atomic E-state index is -2.25. The van der Waals surface area contributed by atoms with Crippen LogP contribution >= 0.6 is 7.26 Å². The number of benzene rings is 3. The van der Waals surface area contributed by atoms with Crippen LogP contribution in [0.15, 0.2) is 36.4 Å². The summed E-state index contributed by atoms with van der Waals surface area (Å²) in [6.07, 6.45) is 1.24. The molecule has 0 N–H and O–H groups in total. The third-order valence-corrected chi connectivity index (χ3v) is 23.8. The second kappa shape index (κ2) is 6.23. The van der Waals surface area contributed by atoms with Gasteiger partial charge in [-0.15, -0.1) is 0 Å². The summed E-state index contributed by atoms with van der Waals surface area (Å²) in [6, 6.07) is 15.6. The van der Waals surface area contributed by atoms with Gasteiger partial charge in [-0.25, -0.2) is 0 Å². The Labute approximate surface area is 178 Å². The van der Waals surface area contributed by atoms with Crippen molar-refractivity contribution in [3.8, 4) is 0 Å². The Kier molecular flexibility index (Phi) is 4.22. The number of aryl methyl sites for hydroxylation is 6. The van der Waals surface area contributed by atoms with Crippen LogP contribution in [-0.4, -0.2) is 27.9 Å². The summed E-state index contributed by atoms with van der Waals surface area (Å²) in [4.78, 5) is 0. The van der Waals surface area contributed by atoms with Crippen molar-refractivity contribution in [2.75, 3.05) is 6.16 Å². The fourth-order valence-electron chi connectivity index (χ4n) is 5.10. The van der Waals surface area contributed by atoms with E-state index in [-0.39, 0.29) is 0 Å². The monoisotopic (exact) mass is 581 g/mol. The van der Waals surface area contributed by atoms with Crippen LogP contribution in [-0.2, 0) is 0 Å². The molecule has 3 heterocycles. The molecule has 3 aliphatic rings. The van der Waals surface area contributed by atoms with Gasteiger partial charge in [-0.2, -0.15) is 0 Å². The zero-order chi connectivity index (χ0) is 20.0. The van der Waals surface area contributed by atoms with E-state index in [0.717, 1.165) is 0 Å². The zero-order valence-electron chi connectivity index (χ0n) is 18.1. The molecule has 3 aromatic carbocycles. The molecule has 0 radical (unpaired) electrons. The van der Waals surface area contributed by atoms with Gasteiger partial charge in [0.2, 0.25) is 0 Å². The fraction of sp³-hybridized carbons (Fsp3) is 0.308. The molecule has 3 aliphatic heterocycles. The Morgan fingerprint density at radius 3 is 1.11 bits per heavy atom. The summed E-state index contributed by atoms with van der Waals surface area (Å²) in [5, 5.41) is 5.26. The van der Waals surface area contributed by atoms with Crippen LogP contribution in [0.1, 0.15) is 40.3 Å². The van der Waals surface area contributed by atoms with Gasteiger partial charge in [-0.3, -0.25) is 0 Å². The molecule has 0 spiro atoms. The van der Waals surface area contributed by atoms with Crippen LogP contribution in [0.2, 0.25) is 0 Å². The van der Waals surface area contributed by atoms with Crippen LogP contribution in [0.4, 0.5) is 0 Å². The van der Waals surface area contributed by atoms with E-state index in [9.17, 15) is 0 Å². The first-order valence-electron chi connectivity index (χ1n) is 10.3. The van der Waals surface area contributed by atoms with Crippen molar-refractivity contribution in [2.24, 2.45) is 0 Å². The van der Waals surface area contributed by atoms with E-state index in [1.54, 1.807) is 25.7 Å². The molecule has 2 bridgehead atoms. The summed E-state index contributed by atoms with van der Waals surface area (Å²) in [7, 11) is -1.55. The standard InChI is InChI=1S/C26H29P.Bi/c1-8-27(24-12-9-18(2)21(5)15-24,25-13-10-19(3)22(6)16-25)26-14-11-20(4)23(7)17-26;/h9-11,15-17H,8H2,1-7H3;/q+1;. The average Bonchev–Trinajstić information content (AvgIpc) is 2.65. The SMILES string of the molecule is CC[P+]12c3cc(C)c(C)c[c]3[Bi]([c]3cc(C)c(C)cc31)[c]1cc(C)c(C)cc12. The number of rotatable bonds is 1. The Morgan fingerprint density at radius 2 is 0.821 bits per heavy atom. The van der Waals surface area contributed by atoms with E-state index in [1.807, 2.05) is 0 Å². The first-order valence-corrected chi connectivity index (χ1v) is 17.5. The van der Waals surface area contributed by atoms with Crippen molar-refractivity contribution in [1.29, 1.82) is 0 Å². The van der Waals surface area contributed by atoms with Gasteiger partial charge in [0.25, 0.3) is 0 Å². The molecular weight excluding hydrogens is 552 g/mol. The summed E-state index contributed by atoms with van der Waals surface area (Å²) in [5.41, 5.74) is 8.85. The Morgan fingerprint density at radius 1 is 0.536 bits per heavy atom. The molecule has 0 amide bonds. The van der Waals surface area contributed by atoms with E-state index >= 15 is 0 Å². The molecule has 2 heteroatoms. The van der Waals surface area contributed by atoms with Crippen molar-refractivity contribution in [3.63, 3.8) is 0 Å². The maximum atomic E-state index is 2.60. The zero-order valence-corrected chi connectivity index (χ0v) is 22.4. The van der Waals surface area contributed by atoms with Crippen molar-refractivity contribution >= 4 is 54.7 Å². The average molecular weight is 581 g/mol. The number of hydrogen-bond acceptors (Lipinski definition) is 0.